The third-order valence-electron chi connectivity index (χ3n) is 5.28. The first-order valence-corrected chi connectivity index (χ1v) is 11.6. The third kappa shape index (κ3) is 5.24. The maximum Gasteiger partial charge on any atom is 0.330 e. The molecule has 12 heteroatoms. The SMILES string of the molecule is COC(=O)CNC(=O)[C@@H](Cc1ccccc1)NS(=O)(=O)c1ccc2c(c1)c(=O)n(C)c(=O)n2C. The Morgan fingerprint density at radius 2 is 1.71 bits per heavy atom. The lowest BCUT2D eigenvalue weighted by Gasteiger charge is -2.19. The van der Waals surface area contributed by atoms with Crippen molar-refractivity contribution >= 4 is 32.8 Å². The largest absolute Gasteiger partial charge is 0.468 e. The molecule has 3 rings (SSSR count). The van der Waals surface area contributed by atoms with E-state index >= 15 is 0 Å². The third-order valence-corrected chi connectivity index (χ3v) is 6.75. The number of carbonyl (C=O) groups is 2. The van der Waals surface area contributed by atoms with Gasteiger partial charge in [-0.1, -0.05) is 30.3 Å². The molecule has 0 bridgehead atoms. The zero-order chi connectivity index (χ0) is 25.0. The number of nitrogens with zero attached hydrogens (tertiary/aromatic N) is 2. The Hall–Kier alpha value is -3.77. The molecule has 1 atom stereocenters. The van der Waals surface area contributed by atoms with Crippen molar-refractivity contribution in [1.82, 2.24) is 19.2 Å². The molecule has 180 valence electrons. The Morgan fingerprint density at radius 1 is 1.03 bits per heavy atom. The van der Waals surface area contributed by atoms with E-state index in [-0.39, 0.29) is 22.2 Å². The first-order chi connectivity index (χ1) is 16.0. The Morgan fingerprint density at radius 3 is 2.35 bits per heavy atom. The van der Waals surface area contributed by atoms with Crippen molar-refractivity contribution in [2.75, 3.05) is 13.7 Å². The number of fused-ring (bicyclic) bond motifs is 1. The number of ether oxygens (including phenoxy) is 1. The van der Waals surface area contributed by atoms with Crippen LogP contribution in [-0.4, -0.2) is 49.1 Å². The average molecular weight is 489 g/mol. The first kappa shape index (κ1) is 24.9. The molecule has 1 aromatic heterocycles. The number of carbonyl (C=O) groups excluding carboxylic acids is 2. The first-order valence-electron chi connectivity index (χ1n) is 10.2. The molecule has 3 aromatic rings. The standard InChI is InChI=1S/C22H24N4O7S/c1-25-18-10-9-15(12-16(18)21(29)26(2)22(25)30)34(31,32)24-17(11-14-7-5-4-6-8-14)20(28)23-13-19(27)33-3/h4-10,12,17,24H,11,13H2,1-3H3,(H,23,28)/t17-/m1/s1. The minimum absolute atomic E-state index is 0.0108. The van der Waals surface area contributed by atoms with E-state index in [1.165, 1.54) is 37.9 Å². The highest BCUT2D eigenvalue weighted by Gasteiger charge is 2.27. The summed E-state index contributed by atoms with van der Waals surface area (Å²) in [5.74, 6) is -1.41. The van der Waals surface area contributed by atoms with Crippen molar-refractivity contribution in [2.24, 2.45) is 14.1 Å². The number of esters is 1. The van der Waals surface area contributed by atoms with Gasteiger partial charge in [-0.05, 0) is 30.2 Å². The zero-order valence-electron chi connectivity index (χ0n) is 18.8. The summed E-state index contributed by atoms with van der Waals surface area (Å²) in [6, 6.07) is 11.2. The van der Waals surface area contributed by atoms with Crippen LogP contribution in [0.1, 0.15) is 5.56 Å². The fraction of sp³-hybridized carbons (Fsp3) is 0.273. The number of methoxy groups -OCH3 is 1. The van der Waals surface area contributed by atoms with Crippen molar-refractivity contribution in [3.8, 4) is 0 Å². The molecule has 1 amide bonds. The van der Waals surface area contributed by atoms with Gasteiger partial charge >= 0.3 is 11.7 Å². The van der Waals surface area contributed by atoms with Crippen LogP contribution in [0.4, 0.5) is 0 Å². The molecule has 0 unspecified atom stereocenters. The summed E-state index contributed by atoms with van der Waals surface area (Å²) in [5, 5.41) is 2.39. The van der Waals surface area contributed by atoms with Crippen molar-refractivity contribution in [1.29, 1.82) is 0 Å². The van der Waals surface area contributed by atoms with Gasteiger partial charge in [-0.2, -0.15) is 4.72 Å². The summed E-state index contributed by atoms with van der Waals surface area (Å²) in [6.07, 6.45) is 0.0108. The van der Waals surface area contributed by atoms with Gasteiger partial charge in [0.2, 0.25) is 15.9 Å². The molecular formula is C22H24N4O7S. The number of amides is 1. The monoisotopic (exact) mass is 488 g/mol. The maximum absolute atomic E-state index is 13.2. The van der Waals surface area contributed by atoms with Crippen LogP contribution in [0.5, 0.6) is 0 Å². The van der Waals surface area contributed by atoms with Crippen molar-refractivity contribution in [3.63, 3.8) is 0 Å². The molecule has 0 fully saturated rings. The summed E-state index contributed by atoms with van der Waals surface area (Å²) in [4.78, 5) is 48.6. The lowest BCUT2D eigenvalue weighted by molar-refractivity contribution is -0.141. The summed E-state index contributed by atoms with van der Waals surface area (Å²) in [5.41, 5.74) is -0.238. The smallest absolute Gasteiger partial charge is 0.330 e. The van der Waals surface area contributed by atoms with Crippen molar-refractivity contribution < 1.29 is 22.7 Å². The maximum atomic E-state index is 13.2. The Bertz CT molecular complexity index is 1460. The van der Waals surface area contributed by atoms with Crippen LogP contribution >= 0.6 is 0 Å². The predicted octanol–water partition coefficient (Wildman–Crippen LogP) is -0.584. The van der Waals surface area contributed by atoms with Gasteiger partial charge in [0.25, 0.3) is 5.56 Å². The van der Waals surface area contributed by atoms with E-state index in [1.54, 1.807) is 30.3 Å². The number of hydrogen-bond acceptors (Lipinski definition) is 7. The van der Waals surface area contributed by atoms with Crippen LogP contribution in [0.15, 0.2) is 63.0 Å². The number of aryl methyl sites for hydroxylation is 1. The van der Waals surface area contributed by atoms with Gasteiger partial charge in [-0.3, -0.25) is 23.5 Å². The van der Waals surface area contributed by atoms with E-state index in [2.05, 4.69) is 14.8 Å². The van der Waals surface area contributed by atoms with Gasteiger partial charge in [0.15, 0.2) is 0 Å². The van der Waals surface area contributed by atoms with Crippen LogP contribution < -0.4 is 21.3 Å². The molecule has 0 aliphatic carbocycles. The van der Waals surface area contributed by atoms with Crippen molar-refractivity contribution in [2.45, 2.75) is 17.4 Å². The molecule has 1 heterocycles. The van der Waals surface area contributed by atoms with Gasteiger partial charge in [0.1, 0.15) is 12.6 Å². The number of aromatic nitrogens is 2. The number of nitrogens with one attached hydrogen (secondary N) is 2. The Balaban J connectivity index is 1.98. The van der Waals surface area contributed by atoms with E-state index in [1.807, 2.05) is 0 Å². The minimum atomic E-state index is -4.28. The number of sulfonamides is 1. The molecule has 2 aromatic carbocycles. The fourth-order valence-corrected chi connectivity index (χ4v) is 4.61. The van der Waals surface area contributed by atoms with Gasteiger partial charge in [0.05, 0.1) is 22.9 Å². The van der Waals surface area contributed by atoms with Crippen LogP contribution in [0.2, 0.25) is 0 Å². The van der Waals surface area contributed by atoms with E-state index < -0.39 is 45.7 Å². The van der Waals surface area contributed by atoms with E-state index in [0.29, 0.717) is 5.56 Å². The molecule has 2 N–H and O–H groups in total. The van der Waals surface area contributed by atoms with E-state index in [0.717, 1.165) is 10.6 Å². The summed E-state index contributed by atoms with van der Waals surface area (Å²) in [6.45, 7) is -0.428. The highest BCUT2D eigenvalue weighted by atomic mass is 32.2. The number of benzene rings is 2. The molecule has 0 saturated heterocycles. The van der Waals surface area contributed by atoms with Crippen molar-refractivity contribution in [3.05, 3.63) is 74.9 Å². The van der Waals surface area contributed by atoms with Crippen LogP contribution in [0, 0.1) is 0 Å². The molecule has 0 radical (unpaired) electrons. The molecule has 34 heavy (non-hydrogen) atoms. The lowest BCUT2D eigenvalue weighted by atomic mass is 10.1. The molecule has 0 aliphatic heterocycles. The summed E-state index contributed by atoms with van der Waals surface area (Å²) >= 11 is 0. The number of rotatable bonds is 8. The quantitative estimate of drug-likeness (QED) is 0.403. The summed E-state index contributed by atoms with van der Waals surface area (Å²) in [7, 11) is -0.343. The average Bonchev–Trinajstić information content (AvgIpc) is 2.84. The second-order valence-electron chi connectivity index (χ2n) is 7.54. The van der Waals surface area contributed by atoms with Crippen LogP contribution in [-0.2, 0) is 44.9 Å². The van der Waals surface area contributed by atoms with Gasteiger partial charge in [-0.15, -0.1) is 0 Å². The normalized spacial score (nSPS) is 12.3. The van der Waals surface area contributed by atoms with Gasteiger partial charge in [0, 0.05) is 14.1 Å². The molecule has 0 aliphatic rings. The predicted molar refractivity (Wildman–Crippen MR) is 124 cm³/mol. The van der Waals surface area contributed by atoms with Gasteiger partial charge < -0.3 is 10.1 Å². The Labute approximate surface area is 195 Å². The van der Waals surface area contributed by atoms with E-state index in [4.69, 9.17) is 0 Å². The minimum Gasteiger partial charge on any atom is -0.468 e. The van der Waals surface area contributed by atoms with Gasteiger partial charge in [-0.25, -0.2) is 13.2 Å². The van der Waals surface area contributed by atoms with Crippen LogP contribution in [0.3, 0.4) is 0 Å². The Kier molecular flexibility index (Phi) is 7.32. The second kappa shape index (κ2) is 10.0. The fourth-order valence-electron chi connectivity index (χ4n) is 3.39. The molecular weight excluding hydrogens is 464 g/mol. The van der Waals surface area contributed by atoms with Crippen LogP contribution in [0.25, 0.3) is 10.9 Å². The number of hydrogen-bond donors (Lipinski definition) is 2. The topological polar surface area (TPSA) is 146 Å². The van der Waals surface area contributed by atoms with E-state index in [9.17, 15) is 27.6 Å². The molecule has 0 saturated carbocycles. The highest BCUT2D eigenvalue weighted by molar-refractivity contribution is 7.89. The highest BCUT2D eigenvalue weighted by Crippen LogP contribution is 2.16. The molecule has 11 nitrogen and oxygen atoms in total. The zero-order valence-corrected chi connectivity index (χ0v) is 19.6. The lowest BCUT2D eigenvalue weighted by Crippen LogP contribution is -2.49. The second-order valence-corrected chi connectivity index (χ2v) is 9.26. The summed E-state index contributed by atoms with van der Waals surface area (Å²) < 4.78 is 35.3. The molecule has 0 spiro atoms.